The summed E-state index contributed by atoms with van der Waals surface area (Å²) in [6.45, 7) is 1.79. The van der Waals surface area contributed by atoms with E-state index in [4.69, 9.17) is 18.9 Å². The number of methoxy groups -OCH3 is 2. The highest BCUT2D eigenvalue weighted by Gasteiger charge is 2.26. The molecule has 0 saturated carbocycles. The summed E-state index contributed by atoms with van der Waals surface area (Å²) >= 11 is 0. The van der Waals surface area contributed by atoms with Gasteiger partial charge in [0.15, 0.2) is 17.6 Å². The highest BCUT2D eigenvalue weighted by Crippen LogP contribution is 2.42. The topological polar surface area (TPSA) is 54.7 Å². The van der Waals surface area contributed by atoms with Crippen molar-refractivity contribution in [2.45, 2.75) is 12.6 Å². The monoisotopic (exact) mass is 290 g/mol. The second-order valence-electron chi connectivity index (χ2n) is 4.73. The van der Waals surface area contributed by atoms with Crippen molar-refractivity contribution in [3.63, 3.8) is 0 Å². The van der Waals surface area contributed by atoms with Gasteiger partial charge in [-0.25, -0.2) is 0 Å². The largest absolute Gasteiger partial charge is 0.493 e. The third kappa shape index (κ3) is 2.80. The Kier molecular flexibility index (Phi) is 3.96. The number of hydrogen-bond acceptors (Lipinski definition) is 5. The van der Waals surface area contributed by atoms with Gasteiger partial charge in [0.25, 0.3) is 0 Å². The predicted octanol–water partition coefficient (Wildman–Crippen LogP) is 2.05. The summed E-state index contributed by atoms with van der Waals surface area (Å²) in [5, 5.41) is 4.30. The highest BCUT2D eigenvalue weighted by atomic mass is 16.6. The molecule has 1 unspecified atom stereocenters. The van der Waals surface area contributed by atoms with Gasteiger partial charge in [0, 0.05) is 18.9 Å². The average Bonchev–Trinajstić information content (AvgIpc) is 3.00. The minimum Gasteiger partial charge on any atom is -0.493 e. The predicted molar refractivity (Wildman–Crippen MR) is 76.0 cm³/mol. The first-order chi connectivity index (χ1) is 10.3. The Balaban J connectivity index is 1.78. The van der Waals surface area contributed by atoms with Crippen molar-refractivity contribution in [3.8, 4) is 17.2 Å². The van der Waals surface area contributed by atoms with Crippen LogP contribution in [0.1, 0.15) is 11.7 Å². The van der Waals surface area contributed by atoms with Gasteiger partial charge in [-0.05, 0) is 12.1 Å². The molecule has 2 aromatic rings. The number of fused-ring (bicyclic) bond motifs is 1. The molecule has 3 rings (SSSR count). The lowest BCUT2D eigenvalue weighted by atomic mass is 10.2. The maximum Gasteiger partial charge on any atom is 0.204 e. The number of benzene rings is 1. The van der Waals surface area contributed by atoms with E-state index in [9.17, 15) is 0 Å². The number of hydrogen-bond donors (Lipinski definition) is 0. The fraction of sp³-hybridized carbons (Fsp3) is 0.400. The lowest BCUT2D eigenvalue weighted by Crippen LogP contribution is -2.21. The zero-order valence-electron chi connectivity index (χ0n) is 12.1. The minimum atomic E-state index is -0.190. The van der Waals surface area contributed by atoms with Crippen LogP contribution in [0.3, 0.4) is 0 Å². The molecule has 0 radical (unpaired) electrons. The molecule has 1 aromatic carbocycles. The third-order valence-electron chi connectivity index (χ3n) is 3.36. The molecule has 1 aliphatic heterocycles. The van der Waals surface area contributed by atoms with Gasteiger partial charge in [0.1, 0.15) is 6.61 Å². The van der Waals surface area contributed by atoms with Crippen LogP contribution in [0.25, 0.3) is 0 Å². The molecule has 0 amide bonds. The number of ether oxygens (including phenoxy) is 4. The molecule has 0 fully saturated rings. The van der Waals surface area contributed by atoms with Crippen molar-refractivity contribution in [1.82, 2.24) is 9.78 Å². The fourth-order valence-electron chi connectivity index (χ4n) is 2.25. The van der Waals surface area contributed by atoms with Gasteiger partial charge in [0.2, 0.25) is 5.75 Å². The molecule has 1 aliphatic rings. The Hall–Kier alpha value is -2.21. The molecule has 0 bridgehead atoms. The van der Waals surface area contributed by atoms with Crippen LogP contribution < -0.4 is 14.2 Å². The van der Waals surface area contributed by atoms with Gasteiger partial charge < -0.3 is 18.9 Å². The second-order valence-corrected chi connectivity index (χ2v) is 4.73. The SMILES string of the molecule is COCCn1cc(C2COc3cccc(OC)c3O2)cn1. The molecular formula is C15H18N2O4. The summed E-state index contributed by atoms with van der Waals surface area (Å²) in [6.07, 6.45) is 3.56. The molecular weight excluding hydrogens is 272 g/mol. The van der Waals surface area contributed by atoms with E-state index in [-0.39, 0.29) is 6.10 Å². The van der Waals surface area contributed by atoms with Crippen LogP contribution in [-0.2, 0) is 11.3 Å². The number of nitrogens with zero attached hydrogens (tertiary/aromatic N) is 2. The van der Waals surface area contributed by atoms with Gasteiger partial charge in [-0.1, -0.05) is 6.07 Å². The Morgan fingerprint density at radius 1 is 1.38 bits per heavy atom. The smallest absolute Gasteiger partial charge is 0.204 e. The standard InChI is InChI=1S/C15H18N2O4/c1-18-7-6-17-9-11(8-16-17)14-10-20-13-5-3-4-12(19-2)15(13)21-14/h3-5,8-9,14H,6-7,10H2,1-2H3. The van der Waals surface area contributed by atoms with Gasteiger partial charge in [-0.2, -0.15) is 5.10 Å². The van der Waals surface area contributed by atoms with Gasteiger partial charge in [-0.3, -0.25) is 4.68 Å². The van der Waals surface area contributed by atoms with Gasteiger partial charge in [-0.15, -0.1) is 0 Å². The molecule has 6 heteroatoms. The van der Waals surface area contributed by atoms with Crippen LogP contribution in [0.15, 0.2) is 30.6 Å². The first-order valence-electron chi connectivity index (χ1n) is 6.79. The molecule has 1 aromatic heterocycles. The molecule has 0 N–H and O–H groups in total. The molecule has 2 heterocycles. The van der Waals surface area contributed by atoms with Crippen molar-refractivity contribution in [2.75, 3.05) is 27.4 Å². The quantitative estimate of drug-likeness (QED) is 0.843. The van der Waals surface area contributed by atoms with Gasteiger partial charge >= 0.3 is 0 Å². The zero-order valence-corrected chi connectivity index (χ0v) is 12.1. The summed E-state index contributed by atoms with van der Waals surface area (Å²) in [6, 6.07) is 5.60. The van der Waals surface area contributed by atoms with Crippen molar-refractivity contribution >= 4 is 0 Å². The van der Waals surface area contributed by atoms with E-state index < -0.39 is 0 Å². The normalized spacial score (nSPS) is 16.8. The van der Waals surface area contributed by atoms with Gasteiger partial charge in [0.05, 0.1) is 26.5 Å². The lowest BCUT2D eigenvalue weighted by Gasteiger charge is -2.26. The summed E-state index contributed by atoms with van der Waals surface area (Å²) < 4.78 is 24.0. The Labute approximate surface area is 123 Å². The van der Waals surface area contributed by atoms with E-state index in [1.54, 1.807) is 20.4 Å². The fourth-order valence-corrected chi connectivity index (χ4v) is 2.25. The first kappa shape index (κ1) is 13.8. The van der Waals surface area contributed by atoms with Crippen LogP contribution in [-0.4, -0.2) is 37.2 Å². The maximum absolute atomic E-state index is 6.02. The Bertz CT molecular complexity index is 597. The summed E-state index contributed by atoms with van der Waals surface area (Å²) in [5.74, 6) is 2.02. The number of para-hydroxylation sites is 1. The molecule has 112 valence electrons. The molecule has 0 aliphatic carbocycles. The van der Waals surface area contributed by atoms with E-state index in [0.29, 0.717) is 37.0 Å². The first-order valence-corrected chi connectivity index (χ1v) is 6.79. The summed E-state index contributed by atoms with van der Waals surface area (Å²) in [5.41, 5.74) is 0.975. The summed E-state index contributed by atoms with van der Waals surface area (Å²) in [4.78, 5) is 0. The van der Waals surface area contributed by atoms with Crippen LogP contribution >= 0.6 is 0 Å². The second kappa shape index (κ2) is 6.05. The van der Waals surface area contributed by atoms with Crippen molar-refractivity contribution in [1.29, 1.82) is 0 Å². The molecule has 6 nitrogen and oxygen atoms in total. The lowest BCUT2D eigenvalue weighted by molar-refractivity contribution is 0.0870. The van der Waals surface area contributed by atoms with Crippen LogP contribution in [0.5, 0.6) is 17.2 Å². The van der Waals surface area contributed by atoms with E-state index in [2.05, 4.69) is 5.10 Å². The van der Waals surface area contributed by atoms with Crippen LogP contribution in [0, 0.1) is 0 Å². The highest BCUT2D eigenvalue weighted by molar-refractivity contribution is 5.52. The minimum absolute atomic E-state index is 0.190. The number of aromatic nitrogens is 2. The molecule has 1 atom stereocenters. The van der Waals surface area contributed by atoms with Crippen LogP contribution in [0.4, 0.5) is 0 Å². The van der Waals surface area contributed by atoms with E-state index in [0.717, 1.165) is 5.56 Å². The van der Waals surface area contributed by atoms with Crippen molar-refractivity contribution < 1.29 is 18.9 Å². The van der Waals surface area contributed by atoms with Crippen LogP contribution in [0.2, 0.25) is 0 Å². The summed E-state index contributed by atoms with van der Waals surface area (Å²) in [7, 11) is 3.29. The number of rotatable bonds is 5. The molecule has 21 heavy (non-hydrogen) atoms. The van der Waals surface area contributed by atoms with Crippen molar-refractivity contribution in [2.24, 2.45) is 0 Å². The molecule has 0 saturated heterocycles. The maximum atomic E-state index is 6.02. The average molecular weight is 290 g/mol. The zero-order chi connectivity index (χ0) is 14.7. The Morgan fingerprint density at radius 2 is 2.29 bits per heavy atom. The van der Waals surface area contributed by atoms with Crippen molar-refractivity contribution in [3.05, 3.63) is 36.2 Å². The third-order valence-corrected chi connectivity index (χ3v) is 3.36. The molecule has 0 spiro atoms. The van der Waals surface area contributed by atoms with E-state index in [1.165, 1.54) is 0 Å². The Morgan fingerprint density at radius 3 is 3.10 bits per heavy atom. The van der Waals surface area contributed by atoms with E-state index in [1.807, 2.05) is 29.1 Å². The van der Waals surface area contributed by atoms with E-state index >= 15 is 0 Å².